The Bertz CT molecular complexity index is 341. The number of sulfone groups is 1. The van der Waals surface area contributed by atoms with E-state index in [2.05, 4.69) is 5.32 Å². The Morgan fingerprint density at radius 2 is 1.73 bits per heavy atom. The molecule has 3 nitrogen and oxygen atoms in total. The lowest BCUT2D eigenvalue weighted by Crippen LogP contribution is -2.50. The van der Waals surface area contributed by atoms with Crippen LogP contribution in [-0.4, -0.2) is 31.5 Å². The quantitative estimate of drug-likeness (QED) is 0.749. The van der Waals surface area contributed by atoms with Gasteiger partial charge in [0.25, 0.3) is 0 Å². The molecule has 0 aromatic heterocycles. The lowest BCUT2D eigenvalue weighted by molar-refractivity contribution is 0.385. The van der Waals surface area contributed by atoms with Gasteiger partial charge >= 0.3 is 0 Å². The Morgan fingerprint density at radius 1 is 1.27 bits per heavy atom. The molecule has 0 saturated carbocycles. The molecule has 0 radical (unpaired) electrons. The Balaban J connectivity index is 2.78. The molecule has 0 fully saturated rings. The Hall–Kier alpha value is -0.350. The maximum absolute atomic E-state index is 11.8. The van der Waals surface area contributed by atoms with E-state index < -0.39 is 14.6 Å². The van der Waals surface area contributed by atoms with Crippen molar-refractivity contribution in [2.45, 2.75) is 43.9 Å². The van der Waals surface area contributed by atoms with E-state index in [1.54, 1.807) is 0 Å². The van der Waals surface area contributed by atoms with E-state index in [-0.39, 0.29) is 5.54 Å². The molecule has 1 aliphatic carbocycles. The second kappa shape index (κ2) is 3.91. The van der Waals surface area contributed by atoms with Crippen LogP contribution in [0.2, 0.25) is 0 Å². The van der Waals surface area contributed by atoms with Crippen LogP contribution >= 0.6 is 0 Å². The molecule has 0 aliphatic heterocycles. The summed E-state index contributed by atoms with van der Waals surface area (Å²) in [5.41, 5.74) is -0.0414. The van der Waals surface area contributed by atoms with Crippen LogP contribution in [0.3, 0.4) is 0 Å². The average molecular weight is 231 g/mol. The monoisotopic (exact) mass is 231 g/mol. The number of nitrogens with one attached hydrogen (secondary N) is 1. The summed E-state index contributed by atoms with van der Waals surface area (Å²) in [6.07, 6.45) is 6.53. The fourth-order valence-corrected chi connectivity index (χ4v) is 2.82. The van der Waals surface area contributed by atoms with E-state index in [1.165, 1.54) is 6.26 Å². The van der Waals surface area contributed by atoms with Crippen molar-refractivity contribution >= 4 is 9.84 Å². The van der Waals surface area contributed by atoms with Crippen molar-refractivity contribution in [3.63, 3.8) is 0 Å². The SMILES string of the molecule is CC(C)(C)NCC1(S(C)(=O)=O)CC=CC1. The van der Waals surface area contributed by atoms with Gasteiger partial charge in [-0.2, -0.15) is 0 Å². The van der Waals surface area contributed by atoms with Gasteiger partial charge in [-0.05, 0) is 33.6 Å². The van der Waals surface area contributed by atoms with Gasteiger partial charge in [0.15, 0.2) is 9.84 Å². The fraction of sp³-hybridized carbons (Fsp3) is 0.818. The molecule has 0 amide bonds. The summed E-state index contributed by atoms with van der Waals surface area (Å²) in [7, 11) is -3.01. The molecule has 0 saturated heterocycles. The summed E-state index contributed by atoms with van der Waals surface area (Å²) >= 11 is 0. The number of hydrogen-bond donors (Lipinski definition) is 1. The van der Waals surface area contributed by atoms with Crippen molar-refractivity contribution in [3.05, 3.63) is 12.2 Å². The molecular formula is C11H21NO2S. The van der Waals surface area contributed by atoms with Gasteiger partial charge in [0.1, 0.15) is 0 Å². The molecule has 0 aromatic rings. The normalized spacial score (nSPS) is 20.8. The van der Waals surface area contributed by atoms with Crippen molar-refractivity contribution in [2.24, 2.45) is 0 Å². The van der Waals surface area contributed by atoms with Crippen LogP contribution in [0.5, 0.6) is 0 Å². The second-order valence-corrected chi connectivity index (χ2v) is 7.85. The van der Waals surface area contributed by atoms with Gasteiger partial charge in [0.2, 0.25) is 0 Å². The molecule has 0 atom stereocenters. The van der Waals surface area contributed by atoms with Crippen molar-refractivity contribution in [2.75, 3.05) is 12.8 Å². The fourth-order valence-electron chi connectivity index (χ4n) is 1.68. The number of allylic oxidation sites excluding steroid dienone is 2. The van der Waals surface area contributed by atoms with E-state index in [9.17, 15) is 8.42 Å². The average Bonchev–Trinajstić information content (AvgIpc) is 2.46. The Kier molecular flexibility index (Phi) is 3.31. The molecule has 0 aromatic carbocycles. The molecule has 4 heteroatoms. The highest BCUT2D eigenvalue weighted by Crippen LogP contribution is 2.31. The Morgan fingerprint density at radius 3 is 2.07 bits per heavy atom. The first kappa shape index (κ1) is 12.7. The van der Waals surface area contributed by atoms with Crippen LogP contribution in [0.15, 0.2) is 12.2 Å². The Labute approximate surface area is 92.9 Å². The highest BCUT2D eigenvalue weighted by molar-refractivity contribution is 7.92. The van der Waals surface area contributed by atoms with Crippen LogP contribution in [-0.2, 0) is 9.84 Å². The zero-order valence-electron chi connectivity index (χ0n) is 10.0. The lowest BCUT2D eigenvalue weighted by Gasteiger charge is -2.31. The first-order chi connectivity index (χ1) is 6.66. The van der Waals surface area contributed by atoms with Crippen LogP contribution in [0, 0.1) is 0 Å². The van der Waals surface area contributed by atoms with Crippen molar-refractivity contribution < 1.29 is 8.42 Å². The largest absolute Gasteiger partial charge is 0.310 e. The highest BCUT2D eigenvalue weighted by atomic mass is 32.2. The molecule has 0 heterocycles. The standard InChI is InChI=1S/C11H21NO2S/c1-10(2,3)12-9-11(15(4,13)14)7-5-6-8-11/h5-6,12H,7-9H2,1-4H3. The number of hydrogen-bond acceptors (Lipinski definition) is 3. The predicted octanol–water partition coefficient (Wildman–Crippen LogP) is 1.51. The van der Waals surface area contributed by atoms with E-state index in [1.807, 2.05) is 32.9 Å². The van der Waals surface area contributed by atoms with Crippen LogP contribution in [0.1, 0.15) is 33.6 Å². The minimum Gasteiger partial charge on any atom is -0.310 e. The molecule has 88 valence electrons. The lowest BCUT2D eigenvalue weighted by atomic mass is 10.0. The zero-order chi connectivity index (χ0) is 11.7. The summed E-state index contributed by atoms with van der Waals surface area (Å²) in [5, 5.41) is 3.29. The van der Waals surface area contributed by atoms with Gasteiger partial charge < -0.3 is 5.32 Å². The summed E-state index contributed by atoms with van der Waals surface area (Å²) in [4.78, 5) is 0. The molecular weight excluding hydrogens is 210 g/mol. The van der Waals surface area contributed by atoms with E-state index in [0.717, 1.165) is 0 Å². The summed E-state index contributed by atoms with van der Waals surface area (Å²) in [6.45, 7) is 6.67. The maximum atomic E-state index is 11.8. The van der Waals surface area contributed by atoms with E-state index in [4.69, 9.17) is 0 Å². The van der Waals surface area contributed by atoms with Gasteiger partial charge in [-0.1, -0.05) is 12.2 Å². The first-order valence-electron chi connectivity index (χ1n) is 5.26. The third-order valence-corrected chi connectivity index (χ3v) is 4.92. The summed E-state index contributed by atoms with van der Waals surface area (Å²) in [5.74, 6) is 0. The van der Waals surface area contributed by atoms with Gasteiger partial charge in [-0.3, -0.25) is 0 Å². The van der Waals surface area contributed by atoms with Crippen molar-refractivity contribution in [3.8, 4) is 0 Å². The van der Waals surface area contributed by atoms with Gasteiger partial charge in [0.05, 0.1) is 4.75 Å². The minimum absolute atomic E-state index is 0.0414. The first-order valence-corrected chi connectivity index (χ1v) is 7.15. The topological polar surface area (TPSA) is 46.2 Å². The second-order valence-electron chi connectivity index (χ2n) is 5.44. The molecule has 1 aliphatic rings. The highest BCUT2D eigenvalue weighted by Gasteiger charge is 2.41. The van der Waals surface area contributed by atoms with Crippen LogP contribution < -0.4 is 5.32 Å². The molecule has 0 unspecified atom stereocenters. The van der Waals surface area contributed by atoms with Gasteiger partial charge in [-0.25, -0.2) is 8.42 Å². The molecule has 15 heavy (non-hydrogen) atoms. The van der Waals surface area contributed by atoms with Crippen LogP contribution in [0.4, 0.5) is 0 Å². The van der Waals surface area contributed by atoms with Gasteiger partial charge in [0, 0.05) is 18.3 Å². The van der Waals surface area contributed by atoms with Crippen molar-refractivity contribution in [1.29, 1.82) is 0 Å². The van der Waals surface area contributed by atoms with Gasteiger partial charge in [-0.15, -0.1) is 0 Å². The smallest absolute Gasteiger partial charge is 0.155 e. The third-order valence-electron chi connectivity index (χ3n) is 2.87. The molecule has 0 bridgehead atoms. The zero-order valence-corrected chi connectivity index (χ0v) is 10.8. The third kappa shape index (κ3) is 3.05. The van der Waals surface area contributed by atoms with Crippen LogP contribution in [0.25, 0.3) is 0 Å². The molecule has 1 rings (SSSR count). The summed E-state index contributed by atoms with van der Waals surface area (Å²) < 4.78 is 23.0. The molecule has 0 spiro atoms. The maximum Gasteiger partial charge on any atom is 0.155 e. The van der Waals surface area contributed by atoms with E-state index >= 15 is 0 Å². The van der Waals surface area contributed by atoms with E-state index in [0.29, 0.717) is 19.4 Å². The van der Waals surface area contributed by atoms with Crippen molar-refractivity contribution in [1.82, 2.24) is 5.32 Å². The predicted molar refractivity (Wildman–Crippen MR) is 63.7 cm³/mol. The minimum atomic E-state index is -3.01. The summed E-state index contributed by atoms with van der Waals surface area (Å²) in [6, 6.07) is 0. The number of rotatable bonds is 3. The molecule has 1 N–H and O–H groups in total.